The number of anilines is 1. The van der Waals surface area contributed by atoms with E-state index in [1.54, 1.807) is 10.7 Å². The number of nitrogens with zero attached hydrogens (tertiary/aromatic N) is 3. The molecule has 6 heteroatoms. The lowest BCUT2D eigenvalue weighted by Crippen LogP contribution is -2.37. The van der Waals surface area contributed by atoms with Crippen LogP contribution >= 0.6 is 0 Å². The van der Waals surface area contributed by atoms with Crippen LogP contribution in [-0.4, -0.2) is 32.4 Å². The molecule has 6 nitrogen and oxygen atoms in total. The molecule has 0 aliphatic carbocycles. The van der Waals surface area contributed by atoms with E-state index >= 15 is 0 Å². The van der Waals surface area contributed by atoms with Crippen molar-refractivity contribution in [1.82, 2.24) is 14.7 Å². The largest absolute Gasteiger partial charge is 0.465 e. The number of nitrogen functional groups attached to an aromatic ring is 1. The van der Waals surface area contributed by atoms with Crippen molar-refractivity contribution in [2.45, 2.75) is 13.1 Å². The number of carboxylic acid groups (broad SMARTS) is 1. The first-order chi connectivity index (χ1) is 6.16. The molecule has 1 aliphatic heterocycles. The highest BCUT2D eigenvalue weighted by atomic mass is 16.4. The van der Waals surface area contributed by atoms with Gasteiger partial charge < -0.3 is 15.7 Å². The number of aromatic nitrogens is 2. The van der Waals surface area contributed by atoms with Crippen LogP contribution in [0.1, 0.15) is 5.69 Å². The highest BCUT2D eigenvalue weighted by Crippen LogP contribution is 2.14. The molecule has 0 bridgehead atoms. The maximum Gasteiger partial charge on any atom is 0.407 e. The van der Waals surface area contributed by atoms with Crippen molar-refractivity contribution in [2.75, 3.05) is 12.3 Å². The Labute approximate surface area is 74.5 Å². The Morgan fingerprint density at radius 3 is 3.08 bits per heavy atom. The molecule has 0 aromatic carbocycles. The Morgan fingerprint density at radius 2 is 2.38 bits per heavy atom. The highest BCUT2D eigenvalue weighted by molar-refractivity contribution is 5.65. The molecule has 1 amide bonds. The summed E-state index contributed by atoms with van der Waals surface area (Å²) in [7, 11) is 0. The van der Waals surface area contributed by atoms with E-state index in [2.05, 4.69) is 5.10 Å². The first-order valence-electron chi connectivity index (χ1n) is 3.97. The minimum atomic E-state index is -0.897. The quantitative estimate of drug-likeness (QED) is 0.589. The summed E-state index contributed by atoms with van der Waals surface area (Å²) in [5.41, 5.74) is 6.33. The zero-order valence-corrected chi connectivity index (χ0v) is 6.97. The number of rotatable bonds is 0. The molecule has 3 N–H and O–H groups in total. The number of amides is 1. The predicted octanol–water partition coefficient (Wildman–Crippen LogP) is -0.0411. The summed E-state index contributed by atoms with van der Waals surface area (Å²) >= 11 is 0. The Bertz CT molecular complexity index is 346. The van der Waals surface area contributed by atoms with Gasteiger partial charge in [0.05, 0.1) is 18.8 Å². The molecule has 0 spiro atoms. The van der Waals surface area contributed by atoms with Crippen molar-refractivity contribution in [2.24, 2.45) is 0 Å². The van der Waals surface area contributed by atoms with Crippen LogP contribution in [0.3, 0.4) is 0 Å². The van der Waals surface area contributed by atoms with Crippen molar-refractivity contribution in [1.29, 1.82) is 0 Å². The van der Waals surface area contributed by atoms with Gasteiger partial charge in [0.25, 0.3) is 0 Å². The molecule has 0 fully saturated rings. The fourth-order valence-corrected chi connectivity index (χ4v) is 1.45. The van der Waals surface area contributed by atoms with E-state index in [1.807, 2.05) is 0 Å². The van der Waals surface area contributed by atoms with Gasteiger partial charge in [-0.2, -0.15) is 5.10 Å². The third-order valence-corrected chi connectivity index (χ3v) is 2.09. The number of carbonyl (C=O) groups is 1. The molecule has 13 heavy (non-hydrogen) atoms. The van der Waals surface area contributed by atoms with E-state index in [4.69, 9.17) is 10.8 Å². The summed E-state index contributed by atoms with van der Waals surface area (Å²) in [4.78, 5) is 12.0. The molecule has 70 valence electrons. The smallest absolute Gasteiger partial charge is 0.407 e. The number of hydrogen-bond donors (Lipinski definition) is 2. The average Bonchev–Trinajstić information content (AvgIpc) is 2.42. The summed E-state index contributed by atoms with van der Waals surface area (Å²) in [6, 6.07) is 1.70. The fourth-order valence-electron chi connectivity index (χ4n) is 1.45. The molecule has 0 atom stereocenters. The second kappa shape index (κ2) is 2.65. The first kappa shape index (κ1) is 7.90. The zero-order chi connectivity index (χ0) is 9.42. The molecule has 2 rings (SSSR count). The van der Waals surface area contributed by atoms with E-state index in [0.717, 1.165) is 5.69 Å². The monoisotopic (exact) mass is 182 g/mol. The van der Waals surface area contributed by atoms with Crippen LogP contribution in [0, 0.1) is 0 Å². The van der Waals surface area contributed by atoms with Gasteiger partial charge in [0.2, 0.25) is 0 Å². The van der Waals surface area contributed by atoms with E-state index < -0.39 is 6.09 Å². The lowest BCUT2D eigenvalue weighted by Gasteiger charge is -2.24. The molecule has 0 saturated heterocycles. The Balaban J connectivity index is 2.24. The third-order valence-electron chi connectivity index (χ3n) is 2.09. The van der Waals surface area contributed by atoms with Gasteiger partial charge in [0.15, 0.2) is 0 Å². The molecule has 0 unspecified atom stereocenters. The fraction of sp³-hybridized carbons (Fsp3) is 0.429. The van der Waals surface area contributed by atoms with E-state index in [0.29, 0.717) is 25.5 Å². The molecular formula is C7H10N4O2. The van der Waals surface area contributed by atoms with Gasteiger partial charge in [-0.1, -0.05) is 0 Å². The maximum atomic E-state index is 10.6. The van der Waals surface area contributed by atoms with E-state index in [-0.39, 0.29) is 0 Å². The summed E-state index contributed by atoms with van der Waals surface area (Å²) in [5.74, 6) is 0.447. The van der Waals surface area contributed by atoms with Gasteiger partial charge in [0, 0.05) is 12.6 Å². The summed E-state index contributed by atoms with van der Waals surface area (Å²) in [6.07, 6.45) is -0.897. The lowest BCUT2D eigenvalue weighted by molar-refractivity contribution is 0.131. The van der Waals surface area contributed by atoms with Gasteiger partial charge in [-0.3, -0.25) is 4.68 Å². The molecule has 0 radical (unpaired) electrons. The first-order valence-corrected chi connectivity index (χ1v) is 3.97. The summed E-state index contributed by atoms with van der Waals surface area (Å²) in [6.45, 7) is 1.43. The van der Waals surface area contributed by atoms with Crippen molar-refractivity contribution in [3.63, 3.8) is 0 Å². The van der Waals surface area contributed by atoms with Crippen LogP contribution in [0.15, 0.2) is 6.07 Å². The van der Waals surface area contributed by atoms with Crippen molar-refractivity contribution in [3.8, 4) is 0 Å². The molecular weight excluding hydrogens is 172 g/mol. The average molecular weight is 182 g/mol. The second-order valence-electron chi connectivity index (χ2n) is 2.99. The van der Waals surface area contributed by atoms with Crippen molar-refractivity contribution < 1.29 is 9.90 Å². The molecule has 1 aromatic heterocycles. The van der Waals surface area contributed by atoms with Crippen LogP contribution < -0.4 is 5.73 Å². The molecule has 0 saturated carbocycles. The van der Waals surface area contributed by atoms with Crippen LogP contribution in [0.5, 0.6) is 0 Å². The molecule has 2 heterocycles. The van der Waals surface area contributed by atoms with Crippen molar-refractivity contribution >= 4 is 11.9 Å². The maximum absolute atomic E-state index is 10.6. The molecule has 1 aromatic rings. The van der Waals surface area contributed by atoms with Crippen LogP contribution in [-0.2, 0) is 13.1 Å². The molecule has 1 aliphatic rings. The Morgan fingerprint density at radius 1 is 1.62 bits per heavy atom. The minimum absolute atomic E-state index is 0.375. The van der Waals surface area contributed by atoms with Gasteiger partial charge in [-0.25, -0.2) is 4.79 Å². The van der Waals surface area contributed by atoms with Gasteiger partial charge in [-0.15, -0.1) is 0 Å². The third kappa shape index (κ3) is 1.30. The summed E-state index contributed by atoms with van der Waals surface area (Å²) in [5, 5.41) is 12.8. The van der Waals surface area contributed by atoms with Crippen molar-refractivity contribution in [3.05, 3.63) is 11.8 Å². The number of hydrogen-bond acceptors (Lipinski definition) is 3. The standard InChI is InChI=1S/C7H10N4O2/c8-6-3-5-4-10(7(12)13)1-2-11(5)9-6/h3H,1-2,4H2,(H2,8,9)(H,12,13). The Hall–Kier alpha value is -1.72. The van der Waals surface area contributed by atoms with Gasteiger partial charge in [-0.05, 0) is 0 Å². The highest BCUT2D eigenvalue weighted by Gasteiger charge is 2.20. The normalized spacial score (nSPS) is 15.5. The van der Waals surface area contributed by atoms with Crippen LogP contribution in [0.2, 0.25) is 0 Å². The number of fused-ring (bicyclic) bond motifs is 1. The summed E-state index contributed by atoms with van der Waals surface area (Å²) < 4.78 is 1.74. The van der Waals surface area contributed by atoms with E-state index in [1.165, 1.54) is 4.90 Å². The van der Waals surface area contributed by atoms with E-state index in [9.17, 15) is 4.79 Å². The predicted molar refractivity (Wildman–Crippen MR) is 45.1 cm³/mol. The Kier molecular flexibility index (Phi) is 1.61. The van der Waals surface area contributed by atoms with Crippen LogP contribution in [0.4, 0.5) is 10.6 Å². The zero-order valence-electron chi connectivity index (χ0n) is 6.97. The second-order valence-corrected chi connectivity index (χ2v) is 2.99. The number of nitrogens with two attached hydrogens (primary N) is 1. The van der Waals surface area contributed by atoms with Crippen LogP contribution in [0.25, 0.3) is 0 Å². The topological polar surface area (TPSA) is 84.4 Å². The van der Waals surface area contributed by atoms with Gasteiger partial charge >= 0.3 is 6.09 Å². The minimum Gasteiger partial charge on any atom is -0.465 e. The lowest BCUT2D eigenvalue weighted by atomic mass is 10.3. The van der Waals surface area contributed by atoms with Gasteiger partial charge in [0.1, 0.15) is 5.82 Å². The SMILES string of the molecule is Nc1cc2n(n1)CCN(C(=O)O)C2.